The van der Waals surface area contributed by atoms with Crippen molar-refractivity contribution in [1.29, 1.82) is 0 Å². The molecule has 1 heterocycles. The van der Waals surface area contributed by atoms with Gasteiger partial charge in [-0.1, -0.05) is 0 Å². The van der Waals surface area contributed by atoms with Crippen LogP contribution in [0.5, 0.6) is 0 Å². The number of nitrogens with zero attached hydrogens (tertiary/aromatic N) is 2. The van der Waals surface area contributed by atoms with Gasteiger partial charge in [0, 0.05) is 0 Å². The van der Waals surface area contributed by atoms with E-state index in [2.05, 4.69) is 20.7 Å². The summed E-state index contributed by atoms with van der Waals surface area (Å²) < 4.78 is 13.3. The second kappa shape index (κ2) is 5.01. The van der Waals surface area contributed by atoms with E-state index >= 15 is 0 Å². The lowest BCUT2D eigenvalue weighted by Gasteiger charge is -2.26. The van der Waals surface area contributed by atoms with E-state index in [0.29, 0.717) is 0 Å². The highest BCUT2D eigenvalue weighted by Gasteiger charge is 2.24. The van der Waals surface area contributed by atoms with Crippen molar-refractivity contribution in [2.75, 3.05) is 24.0 Å². The molecule has 1 aromatic heterocycles. The molecular formula is C8H14FN5O2. The maximum Gasteiger partial charge on any atom is 0.239 e. The van der Waals surface area contributed by atoms with E-state index in [4.69, 9.17) is 16.1 Å². The van der Waals surface area contributed by atoms with Gasteiger partial charge >= 0.3 is 0 Å². The third-order valence-electron chi connectivity index (χ3n) is 1.99. The van der Waals surface area contributed by atoms with Crippen LogP contribution < -0.4 is 16.6 Å². The molecule has 0 spiro atoms. The predicted molar refractivity (Wildman–Crippen MR) is 56.0 cm³/mol. The minimum Gasteiger partial charge on any atom is -0.394 e. The molecule has 0 unspecified atom stereocenters. The van der Waals surface area contributed by atoms with Crippen molar-refractivity contribution in [1.82, 2.24) is 9.97 Å². The maximum absolute atomic E-state index is 13.3. The Morgan fingerprint density at radius 2 is 2.12 bits per heavy atom. The summed E-state index contributed by atoms with van der Waals surface area (Å²) in [5.74, 6) is 4.26. The lowest BCUT2D eigenvalue weighted by molar-refractivity contribution is 0.147. The van der Waals surface area contributed by atoms with Gasteiger partial charge < -0.3 is 15.5 Å². The second-order valence-electron chi connectivity index (χ2n) is 3.54. The molecule has 0 fully saturated rings. The van der Waals surface area contributed by atoms with E-state index in [9.17, 15) is 4.39 Å². The first-order valence-electron chi connectivity index (χ1n) is 4.53. The Morgan fingerprint density at radius 3 is 2.62 bits per heavy atom. The Kier molecular flexibility index (Phi) is 3.93. The average molecular weight is 231 g/mol. The van der Waals surface area contributed by atoms with Crippen molar-refractivity contribution in [2.45, 2.75) is 12.5 Å². The molecule has 0 saturated carbocycles. The van der Waals surface area contributed by atoms with Gasteiger partial charge in [0.05, 0.1) is 24.9 Å². The van der Waals surface area contributed by atoms with Crippen LogP contribution in [0.2, 0.25) is 0 Å². The minimum atomic E-state index is -1.07. The molecule has 0 amide bonds. The molecule has 7 nitrogen and oxygen atoms in total. The zero-order valence-corrected chi connectivity index (χ0v) is 8.74. The van der Waals surface area contributed by atoms with Gasteiger partial charge in [0.15, 0.2) is 11.6 Å². The fourth-order valence-corrected chi connectivity index (χ4v) is 0.939. The summed E-state index contributed by atoms with van der Waals surface area (Å²) in [5, 5.41) is 20.6. The van der Waals surface area contributed by atoms with E-state index < -0.39 is 11.4 Å². The van der Waals surface area contributed by atoms with Crippen LogP contribution in [0.4, 0.5) is 16.2 Å². The molecule has 1 rings (SSSR count). The Labute approximate surface area is 91.5 Å². The van der Waals surface area contributed by atoms with Crippen LogP contribution in [0, 0.1) is 5.82 Å². The number of aliphatic hydroxyl groups excluding tert-OH is 2. The van der Waals surface area contributed by atoms with Crippen molar-refractivity contribution in [2.24, 2.45) is 5.84 Å². The van der Waals surface area contributed by atoms with Gasteiger partial charge in [0.1, 0.15) is 0 Å². The zero-order valence-electron chi connectivity index (χ0n) is 8.74. The summed E-state index contributed by atoms with van der Waals surface area (Å²) in [4.78, 5) is 7.27. The van der Waals surface area contributed by atoms with Crippen molar-refractivity contribution in [3.8, 4) is 0 Å². The highest BCUT2D eigenvalue weighted by atomic mass is 19.1. The number of nitrogen functional groups attached to an aromatic ring is 1. The molecule has 0 atom stereocenters. The Morgan fingerprint density at radius 1 is 1.50 bits per heavy atom. The molecule has 1 aromatic rings. The van der Waals surface area contributed by atoms with Gasteiger partial charge in [-0.3, -0.25) is 5.43 Å². The fraction of sp³-hybridized carbons (Fsp3) is 0.500. The van der Waals surface area contributed by atoms with E-state index in [0.717, 1.165) is 6.20 Å². The molecule has 0 aliphatic carbocycles. The molecule has 8 heteroatoms. The number of nitrogens with one attached hydrogen (secondary N) is 2. The topological polar surface area (TPSA) is 116 Å². The molecule has 0 radical (unpaired) electrons. The summed E-state index contributed by atoms with van der Waals surface area (Å²) in [6, 6.07) is 0. The molecule has 0 aliphatic heterocycles. The molecule has 0 saturated heterocycles. The largest absolute Gasteiger partial charge is 0.394 e. The van der Waals surface area contributed by atoms with Crippen molar-refractivity contribution in [3.63, 3.8) is 0 Å². The minimum absolute atomic E-state index is 0.0297. The van der Waals surface area contributed by atoms with Gasteiger partial charge in [0.2, 0.25) is 5.95 Å². The number of halogens is 1. The standard InChI is InChI=1S/C8H14FN5O2/c1-8(3-15,4-16)13-6-5(9)2-11-7(12-6)14-10/h2,15-16H,3-4,10H2,1H3,(H2,11,12,13,14). The number of hydrazine groups is 1. The van der Waals surface area contributed by atoms with Crippen LogP contribution in [0.15, 0.2) is 6.20 Å². The number of rotatable bonds is 5. The van der Waals surface area contributed by atoms with Crippen LogP contribution in [0.25, 0.3) is 0 Å². The highest BCUT2D eigenvalue weighted by molar-refractivity contribution is 5.42. The van der Waals surface area contributed by atoms with Gasteiger partial charge in [-0.2, -0.15) is 4.98 Å². The first-order valence-corrected chi connectivity index (χ1v) is 4.53. The Balaban J connectivity index is 2.95. The molecule has 90 valence electrons. The van der Waals surface area contributed by atoms with Crippen molar-refractivity contribution in [3.05, 3.63) is 12.0 Å². The van der Waals surface area contributed by atoms with Crippen LogP contribution in [-0.4, -0.2) is 38.9 Å². The smallest absolute Gasteiger partial charge is 0.239 e. The summed E-state index contributed by atoms with van der Waals surface area (Å²) in [6.45, 7) is 0.765. The lowest BCUT2D eigenvalue weighted by atomic mass is 10.1. The normalized spacial score (nSPS) is 11.3. The first-order chi connectivity index (χ1) is 7.54. The third kappa shape index (κ3) is 2.75. The highest BCUT2D eigenvalue weighted by Crippen LogP contribution is 2.16. The van der Waals surface area contributed by atoms with Crippen LogP contribution in [0.1, 0.15) is 6.92 Å². The fourth-order valence-electron chi connectivity index (χ4n) is 0.939. The van der Waals surface area contributed by atoms with E-state index in [1.54, 1.807) is 0 Å². The maximum atomic E-state index is 13.3. The molecule has 16 heavy (non-hydrogen) atoms. The average Bonchev–Trinajstić information content (AvgIpc) is 2.32. The van der Waals surface area contributed by atoms with Crippen LogP contribution >= 0.6 is 0 Å². The third-order valence-corrected chi connectivity index (χ3v) is 1.99. The van der Waals surface area contributed by atoms with Crippen LogP contribution in [0.3, 0.4) is 0 Å². The van der Waals surface area contributed by atoms with Crippen LogP contribution in [-0.2, 0) is 0 Å². The number of aromatic nitrogens is 2. The SMILES string of the molecule is CC(CO)(CO)Nc1nc(NN)ncc1F. The van der Waals surface area contributed by atoms with E-state index in [-0.39, 0.29) is 25.0 Å². The summed E-state index contributed by atoms with van der Waals surface area (Å²) >= 11 is 0. The van der Waals surface area contributed by atoms with Gasteiger partial charge in [0.25, 0.3) is 0 Å². The first kappa shape index (κ1) is 12.6. The summed E-state index contributed by atoms with van der Waals surface area (Å²) in [7, 11) is 0. The number of nitrogens with two attached hydrogens (primary N) is 1. The predicted octanol–water partition coefficient (Wildman–Crippen LogP) is -0.944. The van der Waals surface area contributed by atoms with Gasteiger partial charge in [-0.15, -0.1) is 0 Å². The number of hydrogen-bond acceptors (Lipinski definition) is 7. The number of hydrogen-bond donors (Lipinski definition) is 5. The molecular weight excluding hydrogens is 217 g/mol. The Hall–Kier alpha value is -1.51. The lowest BCUT2D eigenvalue weighted by Crippen LogP contribution is -2.43. The molecule has 0 bridgehead atoms. The van der Waals surface area contributed by atoms with Crippen molar-refractivity contribution < 1.29 is 14.6 Å². The quantitative estimate of drug-likeness (QED) is 0.328. The zero-order chi connectivity index (χ0) is 12.2. The second-order valence-corrected chi connectivity index (χ2v) is 3.54. The summed E-state index contributed by atoms with van der Waals surface area (Å²) in [6.07, 6.45) is 0.930. The Bertz CT molecular complexity index is 358. The summed E-state index contributed by atoms with van der Waals surface area (Å²) in [5.41, 5.74) is 1.09. The number of aliphatic hydroxyl groups is 2. The molecule has 6 N–H and O–H groups in total. The molecule has 0 aromatic carbocycles. The van der Waals surface area contributed by atoms with E-state index in [1.165, 1.54) is 6.92 Å². The monoisotopic (exact) mass is 231 g/mol. The molecule has 0 aliphatic rings. The van der Waals surface area contributed by atoms with E-state index in [1.807, 2.05) is 0 Å². The van der Waals surface area contributed by atoms with Gasteiger partial charge in [-0.05, 0) is 6.92 Å². The number of anilines is 2. The van der Waals surface area contributed by atoms with Crippen molar-refractivity contribution >= 4 is 11.8 Å². The van der Waals surface area contributed by atoms with Gasteiger partial charge in [-0.25, -0.2) is 15.2 Å².